The van der Waals surface area contributed by atoms with Crippen LogP contribution in [0.15, 0.2) is 206 Å². The van der Waals surface area contributed by atoms with E-state index in [1.165, 1.54) is 130 Å². The Hall–Kier alpha value is -7.54. The van der Waals surface area contributed by atoms with Crippen molar-refractivity contribution in [3.05, 3.63) is 206 Å². The maximum atomic E-state index is 2.51. The van der Waals surface area contributed by atoms with Gasteiger partial charge in [0.05, 0.1) is 0 Å². The van der Waals surface area contributed by atoms with Crippen molar-refractivity contribution in [1.29, 1.82) is 0 Å². The molecule has 0 radical (unpaired) electrons. The third-order valence-corrected chi connectivity index (χ3v) is 12.9. The van der Waals surface area contributed by atoms with Crippen LogP contribution in [0.25, 0.3) is 130 Å². The molecule has 0 aliphatic carbocycles. The molecule has 0 N–H and O–H groups in total. The molecule has 0 saturated heterocycles. The predicted octanol–water partition coefficient (Wildman–Crippen LogP) is 16.5. The molecule has 0 unspecified atom stereocenters. The molecule has 0 aliphatic heterocycles. The highest BCUT2D eigenvalue weighted by Crippen LogP contribution is 2.53. The number of rotatable bonds is 3. The Morgan fingerprint density at radius 3 is 1.07 bits per heavy atom. The van der Waals surface area contributed by atoms with Gasteiger partial charge in [-0.15, -0.1) is 0 Å². The summed E-state index contributed by atoms with van der Waals surface area (Å²) in [6.45, 7) is 0. The molecule has 13 aromatic carbocycles. The molecule has 0 spiro atoms. The summed E-state index contributed by atoms with van der Waals surface area (Å²) in [7, 11) is 0. The van der Waals surface area contributed by atoms with E-state index in [0.717, 1.165) is 0 Å². The molecule has 0 saturated carbocycles. The van der Waals surface area contributed by atoms with Gasteiger partial charge in [-0.2, -0.15) is 0 Å². The Morgan fingerprint density at radius 2 is 0.517 bits per heavy atom. The number of hydrogen-bond donors (Lipinski definition) is 0. The number of benzene rings is 13. The molecular formula is C58H34. The average molecular weight is 731 g/mol. The van der Waals surface area contributed by atoms with Crippen molar-refractivity contribution < 1.29 is 0 Å². The Morgan fingerprint density at radius 1 is 0.172 bits per heavy atom. The Balaban J connectivity index is 1.33. The summed E-state index contributed by atoms with van der Waals surface area (Å²) < 4.78 is 0. The lowest BCUT2D eigenvalue weighted by Crippen LogP contribution is -1.97. The summed E-state index contributed by atoms with van der Waals surface area (Å²) in [5, 5.41) is 22.9. The monoisotopic (exact) mass is 730 g/mol. The molecular weight excluding hydrogens is 697 g/mol. The normalized spacial score (nSPS) is 12.1. The minimum atomic E-state index is 1.24. The molecule has 58 heavy (non-hydrogen) atoms. The van der Waals surface area contributed by atoms with Gasteiger partial charge in [0.2, 0.25) is 0 Å². The summed E-state index contributed by atoms with van der Waals surface area (Å²) in [5.41, 5.74) is 7.55. The summed E-state index contributed by atoms with van der Waals surface area (Å²) in [4.78, 5) is 0. The van der Waals surface area contributed by atoms with Gasteiger partial charge in [0.15, 0.2) is 0 Å². The van der Waals surface area contributed by atoms with Crippen molar-refractivity contribution in [2.45, 2.75) is 0 Å². The fourth-order valence-electron chi connectivity index (χ4n) is 10.4. The van der Waals surface area contributed by atoms with Gasteiger partial charge in [0.1, 0.15) is 0 Å². The lowest BCUT2D eigenvalue weighted by molar-refractivity contribution is 1.68. The van der Waals surface area contributed by atoms with Gasteiger partial charge in [0, 0.05) is 0 Å². The van der Waals surface area contributed by atoms with Crippen molar-refractivity contribution >= 4 is 97.0 Å². The van der Waals surface area contributed by atoms with Gasteiger partial charge in [-0.25, -0.2) is 0 Å². The van der Waals surface area contributed by atoms with Crippen molar-refractivity contribution in [3.63, 3.8) is 0 Å². The topological polar surface area (TPSA) is 0 Å². The zero-order valence-corrected chi connectivity index (χ0v) is 31.6. The van der Waals surface area contributed by atoms with Crippen molar-refractivity contribution in [1.82, 2.24) is 0 Å². The van der Waals surface area contributed by atoms with Gasteiger partial charge >= 0.3 is 0 Å². The first-order valence-electron chi connectivity index (χ1n) is 20.3. The van der Waals surface area contributed by atoms with E-state index in [9.17, 15) is 0 Å². The van der Waals surface area contributed by atoms with Gasteiger partial charge in [-0.1, -0.05) is 176 Å². The van der Waals surface area contributed by atoms with Crippen LogP contribution in [0.5, 0.6) is 0 Å². The minimum absolute atomic E-state index is 1.24. The quantitative estimate of drug-likeness (QED) is 0.159. The molecule has 0 atom stereocenters. The molecule has 13 rings (SSSR count). The van der Waals surface area contributed by atoms with Gasteiger partial charge in [0.25, 0.3) is 0 Å². The summed E-state index contributed by atoms with van der Waals surface area (Å²) in [5.74, 6) is 0. The molecule has 0 aromatic heterocycles. The molecule has 0 nitrogen and oxygen atoms in total. The lowest BCUT2D eigenvalue weighted by atomic mass is 9.78. The first-order valence-corrected chi connectivity index (χ1v) is 20.3. The summed E-state index contributed by atoms with van der Waals surface area (Å²) in [6, 6.07) is 77.5. The van der Waals surface area contributed by atoms with Crippen LogP contribution in [-0.4, -0.2) is 0 Å². The zero-order chi connectivity index (χ0) is 37.9. The first kappa shape index (κ1) is 31.6. The van der Waals surface area contributed by atoms with E-state index in [1.54, 1.807) is 0 Å². The van der Waals surface area contributed by atoms with Crippen LogP contribution < -0.4 is 0 Å². The van der Waals surface area contributed by atoms with Crippen LogP contribution in [0.2, 0.25) is 0 Å². The van der Waals surface area contributed by atoms with Gasteiger partial charge in [-0.3, -0.25) is 0 Å². The molecule has 0 fully saturated rings. The van der Waals surface area contributed by atoms with Crippen LogP contribution in [0.3, 0.4) is 0 Å². The second kappa shape index (κ2) is 12.0. The Labute approximate surface area is 335 Å². The second-order valence-electron chi connectivity index (χ2n) is 15.9. The molecule has 0 bridgehead atoms. The second-order valence-corrected chi connectivity index (χ2v) is 15.9. The SMILES string of the molecule is c1ccc2c(c1)cc(-c1cc3ccc4cccc5cc(-c6cc7ccccc7c7ccccc67)c(c1-c1cc6ccccc6c6ccccc16)c3c45)c1ccccc12. The highest BCUT2D eigenvalue weighted by Gasteiger charge is 2.25. The zero-order valence-electron chi connectivity index (χ0n) is 31.6. The standard InChI is InChI=1S/C58H34/c1-4-19-41-36(14-1)30-50(47-25-10-7-22-44(41)47)53-34-40-29-28-35-17-13-18-39-33-54(51-31-37-15-2-5-20-42(37)45-23-8-11-26-48(45)51)58(56(40)55(35)39)57(53)52-32-38-16-3-6-21-43(38)46-24-9-12-27-49(46)52/h1-34H. The lowest BCUT2D eigenvalue weighted by Gasteiger charge is -2.24. The maximum Gasteiger partial charge on any atom is -0.000741 e. The minimum Gasteiger partial charge on any atom is -0.0616 e. The molecule has 266 valence electrons. The molecule has 13 aromatic rings. The first-order chi connectivity index (χ1) is 28.8. The highest BCUT2D eigenvalue weighted by molar-refractivity contribution is 6.34. The van der Waals surface area contributed by atoms with Crippen molar-refractivity contribution in [2.75, 3.05) is 0 Å². The van der Waals surface area contributed by atoms with Crippen molar-refractivity contribution in [2.24, 2.45) is 0 Å². The fraction of sp³-hybridized carbons (Fsp3) is 0. The van der Waals surface area contributed by atoms with Crippen LogP contribution in [-0.2, 0) is 0 Å². The molecule has 0 amide bonds. The van der Waals surface area contributed by atoms with Crippen LogP contribution in [0.4, 0.5) is 0 Å². The summed E-state index contributed by atoms with van der Waals surface area (Å²) >= 11 is 0. The summed E-state index contributed by atoms with van der Waals surface area (Å²) in [6.07, 6.45) is 0. The fourth-order valence-corrected chi connectivity index (χ4v) is 10.4. The van der Waals surface area contributed by atoms with E-state index in [0.29, 0.717) is 0 Å². The number of hydrogen-bond acceptors (Lipinski definition) is 0. The molecule has 0 aliphatic rings. The van der Waals surface area contributed by atoms with E-state index in [4.69, 9.17) is 0 Å². The van der Waals surface area contributed by atoms with Crippen LogP contribution >= 0.6 is 0 Å². The predicted molar refractivity (Wildman–Crippen MR) is 251 cm³/mol. The van der Waals surface area contributed by atoms with E-state index in [1.807, 2.05) is 0 Å². The average Bonchev–Trinajstić information content (AvgIpc) is 3.29. The van der Waals surface area contributed by atoms with Crippen LogP contribution in [0, 0.1) is 0 Å². The van der Waals surface area contributed by atoms with E-state index in [-0.39, 0.29) is 0 Å². The largest absolute Gasteiger partial charge is 0.0616 e. The smallest absolute Gasteiger partial charge is 0.000741 e. The van der Waals surface area contributed by atoms with Gasteiger partial charge < -0.3 is 0 Å². The van der Waals surface area contributed by atoms with E-state index >= 15 is 0 Å². The third kappa shape index (κ3) is 4.40. The maximum absolute atomic E-state index is 2.51. The Kier molecular flexibility index (Phi) is 6.54. The highest BCUT2D eigenvalue weighted by atomic mass is 14.3. The number of fused-ring (bicyclic) bond motifs is 9. The van der Waals surface area contributed by atoms with Crippen molar-refractivity contribution in [3.8, 4) is 33.4 Å². The third-order valence-electron chi connectivity index (χ3n) is 12.9. The van der Waals surface area contributed by atoms with E-state index < -0.39 is 0 Å². The van der Waals surface area contributed by atoms with Gasteiger partial charge in [-0.05, 0) is 161 Å². The van der Waals surface area contributed by atoms with E-state index in [2.05, 4.69) is 206 Å². The Bertz CT molecular complexity index is 3850. The van der Waals surface area contributed by atoms with Crippen LogP contribution in [0.1, 0.15) is 0 Å². The molecule has 0 heterocycles. The molecule has 0 heteroatoms.